The fourth-order valence-electron chi connectivity index (χ4n) is 2.75. The molecule has 1 aliphatic heterocycles. The van der Waals surface area contributed by atoms with Crippen molar-refractivity contribution in [3.8, 4) is 0 Å². The molecule has 1 unspecified atom stereocenters. The summed E-state index contributed by atoms with van der Waals surface area (Å²) in [4.78, 5) is 0. The minimum absolute atomic E-state index is 0.198. The summed E-state index contributed by atoms with van der Waals surface area (Å²) in [5.41, 5.74) is 5.50. The Balaban J connectivity index is 1.89. The Labute approximate surface area is 126 Å². The van der Waals surface area contributed by atoms with E-state index in [0.29, 0.717) is 6.04 Å². The van der Waals surface area contributed by atoms with Crippen molar-refractivity contribution in [1.29, 1.82) is 0 Å². The summed E-state index contributed by atoms with van der Waals surface area (Å²) in [6.07, 6.45) is 1.03. The number of fused-ring (bicyclic) bond motifs is 1. The Bertz CT molecular complexity index is 640. The van der Waals surface area contributed by atoms with E-state index in [1.165, 1.54) is 22.4 Å². The van der Waals surface area contributed by atoms with Crippen molar-refractivity contribution in [2.75, 3.05) is 5.32 Å². The van der Waals surface area contributed by atoms with Crippen molar-refractivity contribution >= 4 is 17.3 Å². The van der Waals surface area contributed by atoms with Crippen LogP contribution in [0.25, 0.3) is 0 Å². The smallest absolute Gasteiger partial charge is 0.0555 e. The molecule has 1 N–H and O–H groups in total. The van der Waals surface area contributed by atoms with Crippen LogP contribution < -0.4 is 5.32 Å². The van der Waals surface area contributed by atoms with Crippen molar-refractivity contribution in [1.82, 2.24) is 0 Å². The summed E-state index contributed by atoms with van der Waals surface area (Å²) in [6, 6.07) is 15.2. The molecule has 2 heteroatoms. The minimum atomic E-state index is 0.198. The summed E-state index contributed by atoms with van der Waals surface area (Å²) < 4.78 is 0. The van der Waals surface area contributed by atoms with Crippen molar-refractivity contribution in [2.45, 2.75) is 38.6 Å². The van der Waals surface area contributed by atoms with E-state index in [1.54, 1.807) is 0 Å². The summed E-state index contributed by atoms with van der Waals surface area (Å²) in [7, 11) is 0. The molecule has 1 atom stereocenters. The molecule has 0 radical (unpaired) electrons. The lowest BCUT2D eigenvalue weighted by atomic mass is 9.85. The number of halogens is 1. The van der Waals surface area contributed by atoms with Crippen LogP contribution in [-0.4, -0.2) is 0 Å². The highest BCUT2D eigenvalue weighted by atomic mass is 35.5. The molecule has 2 aromatic rings. The molecule has 0 aliphatic carbocycles. The van der Waals surface area contributed by atoms with Gasteiger partial charge in [0, 0.05) is 10.7 Å². The number of rotatable bonds is 1. The third-order valence-electron chi connectivity index (χ3n) is 3.98. The SMILES string of the molecule is CC(C)(C)c1ccc2c(c1)CC(c1cccc(Cl)c1)N2. The fraction of sp³-hybridized carbons (Fsp3) is 0.333. The molecule has 0 fully saturated rings. The van der Waals surface area contributed by atoms with Crippen LogP contribution in [0.4, 0.5) is 5.69 Å². The molecule has 0 amide bonds. The first-order valence-electron chi connectivity index (χ1n) is 7.09. The van der Waals surface area contributed by atoms with Gasteiger partial charge in [0.1, 0.15) is 0 Å². The summed E-state index contributed by atoms with van der Waals surface area (Å²) in [6.45, 7) is 6.77. The van der Waals surface area contributed by atoms with Gasteiger partial charge in [0.15, 0.2) is 0 Å². The molecule has 20 heavy (non-hydrogen) atoms. The molecular weight excluding hydrogens is 266 g/mol. The van der Waals surface area contributed by atoms with Gasteiger partial charge in [-0.1, -0.05) is 56.6 Å². The van der Waals surface area contributed by atoms with E-state index in [1.807, 2.05) is 12.1 Å². The molecule has 1 heterocycles. The summed E-state index contributed by atoms with van der Waals surface area (Å²) >= 11 is 6.09. The molecule has 0 saturated heterocycles. The molecule has 0 bridgehead atoms. The third-order valence-corrected chi connectivity index (χ3v) is 4.21. The van der Waals surface area contributed by atoms with Crippen LogP contribution in [0.2, 0.25) is 5.02 Å². The highest BCUT2D eigenvalue weighted by molar-refractivity contribution is 6.30. The lowest BCUT2D eigenvalue weighted by Gasteiger charge is -2.19. The Kier molecular flexibility index (Phi) is 3.25. The number of anilines is 1. The van der Waals surface area contributed by atoms with E-state index in [2.05, 4.69) is 56.4 Å². The highest BCUT2D eigenvalue weighted by Crippen LogP contribution is 2.37. The average molecular weight is 286 g/mol. The number of hydrogen-bond donors (Lipinski definition) is 1. The average Bonchev–Trinajstić information content (AvgIpc) is 2.80. The largest absolute Gasteiger partial charge is 0.378 e. The van der Waals surface area contributed by atoms with Crippen molar-refractivity contribution in [3.05, 3.63) is 64.2 Å². The monoisotopic (exact) mass is 285 g/mol. The topological polar surface area (TPSA) is 12.0 Å². The van der Waals surface area contributed by atoms with Crippen LogP contribution in [0.1, 0.15) is 43.5 Å². The van der Waals surface area contributed by atoms with Gasteiger partial charge in [-0.15, -0.1) is 0 Å². The maximum Gasteiger partial charge on any atom is 0.0555 e. The minimum Gasteiger partial charge on any atom is -0.378 e. The van der Waals surface area contributed by atoms with Gasteiger partial charge in [0.05, 0.1) is 6.04 Å². The Morgan fingerprint density at radius 3 is 2.60 bits per heavy atom. The van der Waals surface area contributed by atoms with E-state index >= 15 is 0 Å². The van der Waals surface area contributed by atoms with Crippen molar-refractivity contribution < 1.29 is 0 Å². The molecule has 0 aromatic heterocycles. The fourth-order valence-corrected chi connectivity index (χ4v) is 2.95. The Morgan fingerprint density at radius 2 is 1.90 bits per heavy atom. The van der Waals surface area contributed by atoms with Crippen LogP contribution in [0, 0.1) is 0 Å². The zero-order valence-electron chi connectivity index (χ0n) is 12.2. The Morgan fingerprint density at radius 1 is 1.10 bits per heavy atom. The van der Waals surface area contributed by atoms with Crippen LogP contribution in [0.15, 0.2) is 42.5 Å². The van der Waals surface area contributed by atoms with Gasteiger partial charge < -0.3 is 5.32 Å². The maximum atomic E-state index is 6.09. The van der Waals surface area contributed by atoms with Crippen LogP contribution in [0.3, 0.4) is 0 Å². The second-order valence-electron chi connectivity index (χ2n) is 6.58. The van der Waals surface area contributed by atoms with Crippen LogP contribution in [-0.2, 0) is 11.8 Å². The van der Waals surface area contributed by atoms with Crippen LogP contribution in [0.5, 0.6) is 0 Å². The lowest BCUT2D eigenvalue weighted by Crippen LogP contribution is -2.10. The van der Waals surface area contributed by atoms with Gasteiger partial charge in [-0.3, -0.25) is 0 Å². The van der Waals surface area contributed by atoms with E-state index in [4.69, 9.17) is 11.6 Å². The van der Waals surface area contributed by atoms with E-state index in [-0.39, 0.29) is 5.41 Å². The number of nitrogens with one attached hydrogen (secondary N) is 1. The molecule has 104 valence electrons. The van der Waals surface area contributed by atoms with E-state index in [9.17, 15) is 0 Å². The summed E-state index contributed by atoms with van der Waals surface area (Å²) in [5, 5.41) is 4.40. The van der Waals surface area contributed by atoms with Crippen molar-refractivity contribution in [3.63, 3.8) is 0 Å². The summed E-state index contributed by atoms with van der Waals surface area (Å²) in [5.74, 6) is 0. The number of benzene rings is 2. The molecular formula is C18H20ClN. The van der Waals surface area contributed by atoms with Crippen LogP contribution >= 0.6 is 11.6 Å². The first-order valence-corrected chi connectivity index (χ1v) is 7.47. The molecule has 3 rings (SSSR count). The van der Waals surface area contributed by atoms with Gasteiger partial charge >= 0.3 is 0 Å². The molecule has 2 aromatic carbocycles. The zero-order chi connectivity index (χ0) is 14.3. The van der Waals surface area contributed by atoms with Gasteiger partial charge in [-0.2, -0.15) is 0 Å². The number of hydrogen-bond acceptors (Lipinski definition) is 1. The van der Waals surface area contributed by atoms with Gasteiger partial charge in [0.2, 0.25) is 0 Å². The first-order chi connectivity index (χ1) is 9.43. The normalized spacial score (nSPS) is 17.7. The maximum absolute atomic E-state index is 6.09. The molecule has 0 saturated carbocycles. The Hall–Kier alpha value is -1.47. The van der Waals surface area contributed by atoms with Gasteiger partial charge in [-0.25, -0.2) is 0 Å². The van der Waals surface area contributed by atoms with E-state index < -0.39 is 0 Å². The molecule has 1 nitrogen and oxygen atoms in total. The molecule has 0 spiro atoms. The second kappa shape index (κ2) is 4.82. The second-order valence-corrected chi connectivity index (χ2v) is 7.01. The predicted octanol–water partition coefficient (Wildman–Crippen LogP) is 5.35. The third kappa shape index (κ3) is 2.55. The quantitative estimate of drug-likeness (QED) is 0.745. The van der Waals surface area contributed by atoms with Crippen molar-refractivity contribution in [2.24, 2.45) is 0 Å². The molecule has 1 aliphatic rings. The van der Waals surface area contributed by atoms with E-state index in [0.717, 1.165) is 11.4 Å². The highest BCUT2D eigenvalue weighted by Gasteiger charge is 2.24. The predicted molar refractivity (Wildman–Crippen MR) is 86.7 cm³/mol. The lowest BCUT2D eigenvalue weighted by molar-refractivity contribution is 0.589. The zero-order valence-corrected chi connectivity index (χ0v) is 13.0. The standard InChI is InChI=1S/C18H20ClN/c1-18(2,3)14-7-8-16-13(9-14)11-17(20-16)12-5-4-6-15(19)10-12/h4-10,17,20H,11H2,1-3H3. The van der Waals surface area contributed by atoms with Gasteiger partial charge in [0.25, 0.3) is 0 Å². The van der Waals surface area contributed by atoms with Gasteiger partial charge in [-0.05, 0) is 46.7 Å². The first kappa shape index (κ1) is 13.5.